The first-order valence-electron chi connectivity index (χ1n) is 7.58. The Balaban J connectivity index is 1.71. The number of nitrogens with one attached hydrogen (secondary N) is 1. The molecule has 1 aromatic carbocycles. The first-order chi connectivity index (χ1) is 11.2. The monoisotopic (exact) mass is 349 g/mol. The molecular formula is C16H19N3O4S. The van der Waals surface area contributed by atoms with Crippen molar-refractivity contribution in [2.45, 2.75) is 42.1 Å². The highest BCUT2D eigenvalue weighted by molar-refractivity contribution is 8.01. The second kappa shape index (κ2) is 5.78. The fourth-order valence-corrected chi connectivity index (χ4v) is 4.83. The molecular weight excluding hydrogens is 330 g/mol. The lowest BCUT2D eigenvalue weighted by Gasteiger charge is -2.43. The quantitative estimate of drug-likeness (QED) is 0.675. The third-order valence-electron chi connectivity index (χ3n) is 4.41. The summed E-state index contributed by atoms with van der Waals surface area (Å²) in [5, 5.41) is 11.7. The van der Waals surface area contributed by atoms with Crippen LogP contribution in [-0.2, 0) is 14.4 Å². The molecule has 24 heavy (non-hydrogen) atoms. The van der Waals surface area contributed by atoms with Crippen LogP contribution in [0.4, 0.5) is 0 Å². The van der Waals surface area contributed by atoms with Crippen molar-refractivity contribution in [1.82, 2.24) is 10.2 Å². The van der Waals surface area contributed by atoms with Gasteiger partial charge >= 0.3 is 5.97 Å². The summed E-state index contributed by atoms with van der Waals surface area (Å²) in [5.74, 6) is -1.86. The van der Waals surface area contributed by atoms with Crippen molar-refractivity contribution in [3.05, 3.63) is 35.9 Å². The number of nitrogens with two attached hydrogens (primary N) is 1. The molecule has 0 unspecified atom stereocenters. The van der Waals surface area contributed by atoms with E-state index >= 15 is 0 Å². The summed E-state index contributed by atoms with van der Waals surface area (Å²) in [5.41, 5.74) is 6.59. The number of carboxylic acid groups (broad SMARTS) is 1. The number of fused-ring (bicyclic) bond motifs is 1. The summed E-state index contributed by atoms with van der Waals surface area (Å²) < 4.78 is -0.618. The Labute approximate surface area is 143 Å². The zero-order valence-electron chi connectivity index (χ0n) is 13.3. The van der Waals surface area contributed by atoms with Gasteiger partial charge in [-0.15, -0.1) is 11.8 Å². The molecule has 4 atom stereocenters. The average Bonchev–Trinajstić information content (AvgIpc) is 2.80. The second-order valence-electron chi connectivity index (χ2n) is 6.47. The molecule has 8 heteroatoms. The smallest absolute Gasteiger partial charge is 0.327 e. The standard InChI is InChI=1S/C16H19N3O4S/c1-16(2)11(15(22)23)19-13(21)10(14(19)24-16)18-12(20)9(17)8-6-4-3-5-7-8/h3-7,9-11,14H,17H2,1-2H3,(H,18,20)(H,22,23)/t9-,10-,11-,14+/m0/s1. The average molecular weight is 349 g/mol. The van der Waals surface area contributed by atoms with E-state index in [0.29, 0.717) is 5.56 Å². The van der Waals surface area contributed by atoms with Gasteiger partial charge in [0.2, 0.25) is 11.8 Å². The van der Waals surface area contributed by atoms with E-state index in [1.807, 2.05) is 6.07 Å². The van der Waals surface area contributed by atoms with Crippen LogP contribution in [0.5, 0.6) is 0 Å². The summed E-state index contributed by atoms with van der Waals surface area (Å²) >= 11 is 1.38. The van der Waals surface area contributed by atoms with Crippen LogP contribution < -0.4 is 11.1 Å². The minimum atomic E-state index is -1.03. The minimum absolute atomic E-state index is 0.375. The van der Waals surface area contributed by atoms with E-state index in [4.69, 9.17) is 5.73 Å². The van der Waals surface area contributed by atoms with E-state index in [9.17, 15) is 19.5 Å². The Morgan fingerprint density at radius 3 is 2.54 bits per heavy atom. The van der Waals surface area contributed by atoms with Gasteiger partial charge < -0.3 is 21.1 Å². The predicted molar refractivity (Wildman–Crippen MR) is 89.0 cm³/mol. The molecule has 2 heterocycles. The molecule has 4 N–H and O–H groups in total. The zero-order valence-corrected chi connectivity index (χ0v) is 14.1. The minimum Gasteiger partial charge on any atom is -0.480 e. The van der Waals surface area contributed by atoms with E-state index in [1.54, 1.807) is 38.1 Å². The first kappa shape index (κ1) is 16.8. The summed E-state index contributed by atoms with van der Waals surface area (Å²) in [6.07, 6.45) is 0. The molecule has 7 nitrogen and oxygen atoms in total. The maximum absolute atomic E-state index is 12.3. The van der Waals surface area contributed by atoms with Crippen molar-refractivity contribution in [2.24, 2.45) is 5.73 Å². The van der Waals surface area contributed by atoms with E-state index in [-0.39, 0.29) is 11.3 Å². The summed E-state index contributed by atoms with van der Waals surface area (Å²) in [6, 6.07) is 6.38. The Bertz CT molecular complexity index is 694. The Hall–Kier alpha value is -2.06. The molecule has 2 fully saturated rings. The van der Waals surface area contributed by atoms with Gasteiger partial charge in [-0.2, -0.15) is 0 Å². The maximum atomic E-state index is 12.3. The van der Waals surface area contributed by atoms with E-state index in [1.165, 1.54) is 16.7 Å². The van der Waals surface area contributed by atoms with Crippen LogP contribution in [0.2, 0.25) is 0 Å². The number of β-lactam (4-membered cyclic amide) rings is 1. The Kier molecular flexibility index (Phi) is 4.05. The number of benzene rings is 1. The number of carbonyl (C=O) groups is 3. The van der Waals surface area contributed by atoms with Crippen molar-refractivity contribution >= 4 is 29.5 Å². The van der Waals surface area contributed by atoms with Crippen LogP contribution in [0.25, 0.3) is 0 Å². The van der Waals surface area contributed by atoms with Gasteiger partial charge in [-0.3, -0.25) is 9.59 Å². The predicted octanol–water partition coefficient (Wildman–Crippen LogP) is 0.318. The van der Waals surface area contributed by atoms with Crippen molar-refractivity contribution in [1.29, 1.82) is 0 Å². The summed E-state index contributed by atoms with van der Waals surface area (Å²) in [6.45, 7) is 3.58. The highest BCUT2D eigenvalue weighted by Crippen LogP contribution is 2.50. The van der Waals surface area contributed by atoms with Crippen molar-refractivity contribution in [3.8, 4) is 0 Å². The van der Waals surface area contributed by atoms with E-state index < -0.39 is 34.7 Å². The highest BCUT2D eigenvalue weighted by atomic mass is 32.2. The Morgan fingerprint density at radius 1 is 1.33 bits per heavy atom. The topological polar surface area (TPSA) is 113 Å². The van der Waals surface area contributed by atoms with E-state index in [2.05, 4.69) is 5.32 Å². The van der Waals surface area contributed by atoms with Gasteiger partial charge in [0.15, 0.2) is 0 Å². The van der Waals surface area contributed by atoms with Crippen molar-refractivity contribution < 1.29 is 19.5 Å². The molecule has 2 aliphatic rings. The first-order valence-corrected chi connectivity index (χ1v) is 8.45. The zero-order chi connectivity index (χ0) is 17.6. The number of carbonyl (C=O) groups excluding carboxylic acids is 2. The maximum Gasteiger partial charge on any atom is 0.327 e. The number of aliphatic carboxylic acids is 1. The number of rotatable bonds is 4. The van der Waals surface area contributed by atoms with Gasteiger partial charge in [-0.25, -0.2) is 4.79 Å². The van der Waals surface area contributed by atoms with Crippen LogP contribution in [-0.4, -0.2) is 50.0 Å². The summed E-state index contributed by atoms with van der Waals surface area (Å²) in [7, 11) is 0. The number of nitrogens with zero attached hydrogens (tertiary/aromatic N) is 1. The fourth-order valence-electron chi connectivity index (χ4n) is 3.20. The van der Waals surface area contributed by atoms with Crippen LogP contribution in [0.1, 0.15) is 25.5 Å². The third-order valence-corrected chi connectivity index (χ3v) is 5.99. The SMILES string of the molecule is CC1(C)S[C@@H]2[C@@H](NC(=O)[C@@H](N)c3ccccc3)C(=O)N2[C@H]1C(=O)O. The molecule has 128 valence electrons. The number of thioether (sulfide) groups is 1. The molecule has 0 aromatic heterocycles. The molecule has 0 spiro atoms. The largest absolute Gasteiger partial charge is 0.480 e. The second-order valence-corrected chi connectivity index (χ2v) is 8.24. The van der Waals surface area contributed by atoms with Crippen LogP contribution in [0.3, 0.4) is 0 Å². The lowest BCUT2D eigenvalue weighted by atomic mass is 9.95. The van der Waals surface area contributed by atoms with Crippen LogP contribution in [0, 0.1) is 0 Å². The number of carboxylic acids is 1. The van der Waals surface area contributed by atoms with Gasteiger partial charge in [-0.05, 0) is 19.4 Å². The molecule has 0 bridgehead atoms. The molecule has 2 aliphatic heterocycles. The Morgan fingerprint density at radius 2 is 1.96 bits per heavy atom. The van der Waals surface area contributed by atoms with Gasteiger partial charge in [0.25, 0.3) is 0 Å². The van der Waals surface area contributed by atoms with Crippen molar-refractivity contribution in [3.63, 3.8) is 0 Å². The van der Waals surface area contributed by atoms with Crippen LogP contribution >= 0.6 is 11.8 Å². The molecule has 1 aromatic rings. The summed E-state index contributed by atoms with van der Waals surface area (Å²) in [4.78, 5) is 37.5. The van der Waals surface area contributed by atoms with Crippen molar-refractivity contribution in [2.75, 3.05) is 0 Å². The van der Waals surface area contributed by atoms with E-state index in [0.717, 1.165) is 0 Å². The third kappa shape index (κ3) is 2.55. The van der Waals surface area contributed by atoms with Gasteiger partial charge in [0.05, 0.1) is 0 Å². The van der Waals surface area contributed by atoms with Gasteiger partial charge in [0, 0.05) is 4.75 Å². The normalized spacial score (nSPS) is 28.7. The molecule has 3 rings (SSSR count). The molecule has 0 saturated carbocycles. The lowest BCUT2D eigenvalue weighted by molar-refractivity contribution is -0.161. The number of hydrogen-bond donors (Lipinski definition) is 3. The molecule has 2 saturated heterocycles. The molecule has 0 aliphatic carbocycles. The highest BCUT2D eigenvalue weighted by Gasteiger charge is 2.64. The number of hydrogen-bond acceptors (Lipinski definition) is 5. The molecule has 2 amide bonds. The fraction of sp³-hybridized carbons (Fsp3) is 0.438. The molecule has 0 radical (unpaired) electrons. The van der Waals surface area contributed by atoms with Gasteiger partial charge in [-0.1, -0.05) is 30.3 Å². The lowest BCUT2D eigenvalue weighted by Crippen LogP contribution is -2.71. The van der Waals surface area contributed by atoms with Gasteiger partial charge in [0.1, 0.15) is 23.5 Å². The number of amides is 2. The van der Waals surface area contributed by atoms with Crippen LogP contribution in [0.15, 0.2) is 30.3 Å².